The van der Waals surface area contributed by atoms with E-state index in [1.54, 1.807) is 54.9 Å². The van der Waals surface area contributed by atoms with Crippen LogP contribution in [0.15, 0.2) is 59.6 Å². The molecule has 3 rings (SSSR count). The highest BCUT2D eigenvalue weighted by molar-refractivity contribution is 9.10. The molecule has 0 aliphatic rings. The number of aryl methyl sites for hydroxylation is 1. The normalized spacial score (nSPS) is 12.6. The summed E-state index contributed by atoms with van der Waals surface area (Å²) in [5.74, 6) is 0.492. The van der Waals surface area contributed by atoms with Gasteiger partial charge in [0.15, 0.2) is 5.82 Å². The van der Waals surface area contributed by atoms with Gasteiger partial charge in [0.2, 0.25) is 11.6 Å². The number of nitrogens with zero attached hydrogens (tertiary/aromatic N) is 4. The molecule has 0 aliphatic heterocycles. The number of benzene rings is 1. The zero-order chi connectivity index (χ0) is 22.8. The Bertz CT molecular complexity index is 1380. The first-order valence-electron chi connectivity index (χ1n) is 8.97. The first kappa shape index (κ1) is 22.5. The van der Waals surface area contributed by atoms with Crippen LogP contribution in [0.1, 0.15) is 27.4 Å². The summed E-state index contributed by atoms with van der Waals surface area (Å²) in [6.45, 7) is 3.62. The highest BCUT2D eigenvalue weighted by Crippen LogP contribution is 2.18. The van der Waals surface area contributed by atoms with E-state index in [4.69, 9.17) is 9.78 Å². The van der Waals surface area contributed by atoms with Crippen LogP contribution in [0.3, 0.4) is 0 Å². The Morgan fingerprint density at radius 1 is 1.35 bits per heavy atom. The molecule has 1 atom stereocenters. The maximum absolute atomic E-state index is 12.7. The van der Waals surface area contributed by atoms with Gasteiger partial charge in [-0.15, -0.1) is 4.36 Å². The smallest absolute Gasteiger partial charge is 0.257 e. The summed E-state index contributed by atoms with van der Waals surface area (Å²) in [7, 11) is -2.78. The van der Waals surface area contributed by atoms with E-state index in [1.165, 1.54) is 12.5 Å². The molecular formula is C20H18BrN5O4S. The van der Waals surface area contributed by atoms with E-state index in [1.807, 2.05) is 0 Å². The van der Waals surface area contributed by atoms with E-state index in [-0.39, 0.29) is 16.6 Å². The van der Waals surface area contributed by atoms with Gasteiger partial charge in [-0.3, -0.25) is 9.59 Å². The molecule has 2 heterocycles. The molecule has 11 heteroatoms. The lowest BCUT2D eigenvalue weighted by molar-refractivity contribution is 0.0949. The maximum atomic E-state index is 12.7. The molecule has 9 nitrogen and oxygen atoms in total. The molecule has 0 aliphatic carbocycles. The number of carbonyl (C=O) groups is 1. The minimum Gasteiger partial charge on any atom is -0.360 e. The fraction of sp³-hybridized carbons (Fsp3) is 0.200. The second-order valence-electron chi connectivity index (χ2n) is 6.76. The van der Waals surface area contributed by atoms with E-state index in [9.17, 15) is 13.8 Å². The lowest BCUT2D eigenvalue weighted by Crippen LogP contribution is -2.30. The minimum absolute atomic E-state index is 0.0563. The van der Waals surface area contributed by atoms with Crippen molar-refractivity contribution in [3.63, 3.8) is 0 Å². The second kappa shape index (κ2) is 8.87. The van der Waals surface area contributed by atoms with Crippen molar-refractivity contribution in [3.8, 4) is 12.0 Å². The fourth-order valence-electron chi connectivity index (χ4n) is 2.81. The van der Waals surface area contributed by atoms with Gasteiger partial charge < -0.3 is 14.4 Å². The summed E-state index contributed by atoms with van der Waals surface area (Å²) < 4.78 is 22.7. The topological polar surface area (TPSA) is 130 Å². The molecule has 0 saturated heterocycles. The zero-order valence-electron chi connectivity index (χ0n) is 16.9. The van der Waals surface area contributed by atoms with Gasteiger partial charge in [0, 0.05) is 35.7 Å². The molecule has 1 N–H and O–H groups in total. The van der Waals surface area contributed by atoms with Crippen molar-refractivity contribution in [1.82, 2.24) is 15.0 Å². The molecule has 1 unspecified atom stereocenters. The lowest BCUT2D eigenvalue weighted by atomic mass is 10.2. The summed E-state index contributed by atoms with van der Waals surface area (Å²) in [6.07, 6.45) is 4.36. The van der Waals surface area contributed by atoms with Crippen molar-refractivity contribution >= 4 is 31.6 Å². The van der Waals surface area contributed by atoms with Gasteiger partial charge in [-0.2, -0.15) is 5.26 Å². The van der Waals surface area contributed by atoms with Crippen LogP contribution in [0.2, 0.25) is 0 Å². The molecule has 0 saturated carbocycles. The summed E-state index contributed by atoms with van der Waals surface area (Å²) in [4.78, 5) is 25.7. The summed E-state index contributed by atoms with van der Waals surface area (Å²) in [6, 6.07) is 8.22. The van der Waals surface area contributed by atoms with Crippen molar-refractivity contribution in [2.45, 2.75) is 25.3 Å². The van der Waals surface area contributed by atoms with Crippen LogP contribution in [-0.2, 0) is 16.3 Å². The molecule has 2 aromatic heterocycles. The molecule has 0 spiro atoms. The third kappa shape index (κ3) is 4.76. The third-order valence-corrected chi connectivity index (χ3v) is 7.03. The van der Waals surface area contributed by atoms with Gasteiger partial charge in [0.05, 0.1) is 14.2 Å². The number of rotatable bonds is 5. The molecule has 0 bridgehead atoms. The Morgan fingerprint density at radius 3 is 2.61 bits per heavy atom. The molecular weight excluding hydrogens is 486 g/mol. The summed E-state index contributed by atoms with van der Waals surface area (Å²) >= 11 is 3.26. The quantitative estimate of drug-likeness (QED) is 0.532. The van der Waals surface area contributed by atoms with E-state index in [0.29, 0.717) is 22.2 Å². The number of hydrogen-bond donors (Lipinski definition) is 1. The van der Waals surface area contributed by atoms with Crippen molar-refractivity contribution in [3.05, 3.63) is 73.8 Å². The zero-order valence-corrected chi connectivity index (χ0v) is 19.3. The predicted octanol–water partition coefficient (Wildman–Crippen LogP) is 3.07. The number of amides is 1. The van der Waals surface area contributed by atoms with Crippen LogP contribution >= 0.6 is 15.9 Å². The largest absolute Gasteiger partial charge is 0.360 e. The van der Waals surface area contributed by atoms with Crippen LogP contribution in [-0.4, -0.2) is 26.1 Å². The molecule has 0 fully saturated rings. The highest BCUT2D eigenvalue weighted by Gasteiger charge is 2.18. The molecule has 3 aromatic rings. The van der Waals surface area contributed by atoms with Gasteiger partial charge in [-0.25, -0.2) is 4.21 Å². The van der Waals surface area contributed by atoms with Crippen molar-refractivity contribution < 1.29 is 13.5 Å². The standard InChI is InChI=1S/C20H18BrN5O4S/c1-12-8-17(25-30-12)26-10-16(19(27)18(21)13(26)2)20(28)23-9-14-4-6-15(7-5-14)31(3,29)24-11-22/h4-8,10H,9H2,1-3H3,(H,23,28). The Labute approximate surface area is 187 Å². The van der Waals surface area contributed by atoms with Gasteiger partial charge in [0.1, 0.15) is 11.3 Å². The summed E-state index contributed by atoms with van der Waals surface area (Å²) in [5.41, 5.74) is 0.809. The van der Waals surface area contributed by atoms with E-state index < -0.39 is 21.1 Å². The van der Waals surface area contributed by atoms with Crippen LogP contribution < -0.4 is 10.7 Å². The molecule has 160 valence electrons. The van der Waals surface area contributed by atoms with Gasteiger partial charge in [0.25, 0.3) is 5.91 Å². The first-order valence-corrected chi connectivity index (χ1v) is 11.7. The van der Waals surface area contributed by atoms with Crippen LogP contribution in [0, 0.1) is 25.3 Å². The first-order chi connectivity index (χ1) is 14.6. The van der Waals surface area contributed by atoms with Crippen molar-refractivity contribution in [1.29, 1.82) is 5.26 Å². The molecule has 0 radical (unpaired) electrons. The number of nitrogens with one attached hydrogen (secondary N) is 1. The number of hydrogen-bond acceptors (Lipinski definition) is 7. The Morgan fingerprint density at radius 2 is 2.03 bits per heavy atom. The van der Waals surface area contributed by atoms with Gasteiger partial charge in [-0.05, 0) is 47.5 Å². The van der Waals surface area contributed by atoms with Crippen LogP contribution in [0.25, 0.3) is 5.82 Å². The predicted molar refractivity (Wildman–Crippen MR) is 117 cm³/mol. The molecule has 1 amide bonds. The monoisotopic (exact) mass is 503 g/mol. The lowest BCUT2D eigenvalue weighted by Gasteiger charge is -2.12. The van der Waals surface area contributed by atoms with E-state index in [0.717, 1.165) is 5.56 Å². The number of halogens is 1. The Hall–Kier alpha value is -3.23. The SMILES string of the molecule is Cc1cc(-n2cc(C(=O)NCc3ccc(S(C)(=O)=NC#N)cc3)c(=O)c(Br)c2C)no1. The van der Waals surface area contributed by atoms with E-state index in [2.05, 4.69) is 30.8 Å². The highest BCUT2D eigenvalue weighted by atomic mass is 79.9. The summed E-state index contributed by atoms with van der Waals surface area (Å²) in [5, 5.41) is 15.3. The molecule has 31 heavy (non-hydrogen) atoms. The number of carbonyl (C=O) groups excluding carboxylic acids is 1. The third-order valence-electron chi connectivity index (χ3n) is 4.52. The van der Waals surface area contributed by atoms with E-state index >= 15 is 0 Å². The average Bonchev–Trinajstić information content (AvgIpc) is 3.16. The number of aromatic nitrogens is 2. The number of nitriles is 1. The van der Waals surface area contributed by atoms with Crippen LogP contribution in [0.4, 0.5) is 0 Å². The van der Waals surface area contributed by atoms with Crippen molar-refractivity contribution in [2.75, 3.05) is 6.26 Å². The fourth-order valence-corrected chi connectivity index (χ4v) is 4.11. The second-order valence-corrected chi connectivity index (χ2v) is 9.81. The van der Waals surface area contributed by atoms with Crippen molar-refractivity contribution in [2.24, 2.45) is 4.36 Å². The van der Waals surface area contributed by atoms with Crippen LogP contribution in [0.5, 0.6) is 0 Å². The molecule has 1 aromatic carbocycles. The Balaban J connectivity index is 1.84. The maximum Gasteiger partial charge on any atom is 0.257 e. The number of pyridine rings is 1. The minimum atomic E-state index is -2.78. The Kier molecular flexibility index (Phi) is 6.42. The van der Waals surface area contributed by atoms with Gasteiger partial charge >= 0.3 is 0 Å². The van der Waals surface area contributed by atoms with Gasteiger partial charge in [-0.1, -0.05) is 17.3 Å². The average molecular weight is 504 g/mol.